The van der Waals surface area contributed by atoms with Gasteiger partial charge >= 0.3 is 6.18 Å². The number of benzene rings is 1. The molecule has 2 N–H and O–H groups in total. The second-order valence-electron chi connectivity index (χ2n) is 6.28. The van der Waals surface area contributed by atoms with Crippen LogP contribution in [0.15, 0.2) is 46.9 Å². The normalized spacial score (nSPS) is 11.6. The van der Waals surface area contributed by atoms with Crippen molar-refractivity contribution in [1.82, 2.24) is 24.6 Å². The number of nitrogens with two attached hydrogens (primary N) is 1. The lowest BCUT2D eigenvalue weighted by atomic mass is 10.1. The smallest absolute Gasteiger partial charge is 0.368 e. The zero-order valence-electron chi connectivity index (χ0n) is 15.0. The summed E-state index contributed by atoms with van der Waals surface area (Å²) >= 11 is 3.45. The zero-order valence-corrected chi connectivity index (χ0v) is 16.6. The van der Waals surface area contributed by atoms with Crippen molar-refractivity contribution in [3.05, 3.63) is 69.7 Å². The molecule has 30 heavy (non-hydrogen) atoms. The number of pyridine rings is 1. The number of anilines is 1. The Morgan fingerprint density at radius 2 is 1.87 bits per heavy atom. The molecule has 0 aliphatic carbocycles. The minimum Gasteiger partial charge on any atom is -0.368 e. The number of fused-ring (bicyclic) bond motifs is 1. The molecule has 0 saturated heterocycles. The van der Waals surface area contributed by atoms with Gasteiger partial charge in [0.1, 0.15) is 5.69 Å². The second-order valence-corrected chi connectivity index (χ2v) is 7.07. The van der Waals surface area contributed by atoms with Crippen LogP contribution in [0.4, 0.5) is 19.1 Å². The van der Waals surface area contributed by atoms with Crippen molar-refractivity contribution in [2.24, 2.45) is 0 Å². The first kappa shape index (κ1) is 19.8. The number of aromatic nitrogens is 5. The van der Waals surface area contributed by atoms with Crippen LogP contribution in [0.5, 0.6) is 0 Å². The monoisotopic (exact) mass is 473 g/mol. The van der Waals surface area contributed by atoms with Crippen LogP contribution < -0.4 is 5.73 Å². The number of rotatable bonds is 3. The molecule has 0 fully saturated rings. The summed E-state index contributed by atoms with van der Waals surface area (Å²) in [5, 5.41) is 13.4. The number of hydrogen-bond donors (Lipinski definition) is 1. The van der Waals surface area contributed by atoms with Gasteiger partial charge in [-0.15, -0.1) is 5.10 Å². The van der Waals surface area contributed by atoms with Gasteiger partial charge in [0, 0.05) is 11.3 Å². The summed E-state index contributed by atoms with van der Waals surface area (Å²) in [5.74, 6) is 0.278. The molecule has 0 aliphatic heterocycles. The van der Waals surface area contributed by atoms with Crippen LogP contribution in [0.2, 0.25) is 0 Å². The van der Waals surface area contributed by atoms with Crippen LogP contribution in [0.1, 0.15) is 22.8 Å². The van der Waals surface area contributed by atoms with E-state index in [2.05, 4.69) is 42.0 Å². The molecule has 4 rings (SSSR count). The van der Waals surface area contributed by atoms with E-state index in [1.807, 2.05) is 0 Å². The Kier molecular flexibility index (Phi) is 4.87. The molecule has 4 aromatic rings. The molecule has 3 heterocycles. The van der Waals surface area contributed by atoms with Gasteiger partial charge in [-0.05, 0) is 40.2 Å². The first-order valence-electron chi connectivity index (χ1n) is 8.50. The quantitative estimate of drug-likeness (QED) is 0.481. The largest absolute Gasteiger partial charge is 0.433 e. The molecular weight excluding hydrogens is 463 g/mol. The van der Waals surface area contributed by atoms with Gasteiger partial charge in [0.2, 0.25) is 5.95 Å². The van der Waals surface area contributed by atoms with Gasteiger partial charge in [-0.25, -0.2) is 15.0 Å². The fraction of sp³-hybridized carbons (Fsp3) is 0.105. The SMILES string of the molecule is N#Cc1cccc(-c2nc(N)n3nc(Cc4cccc(C(F)(F)F)n4)nc3c2Br)c1. The molecule has 3 aromatic heterocycles. The van der Waals surface area contributed by atoms with Crippen molar-refractivity contribution >= 4 is 27.5 Å². The Balaban J connectivity index is 1.76. The molecule has 0 bridgehead atoms. The molecule has 1 aromatic carbocycles. The van der Waals surface area contributed by atoms with Crippen molar-refractivity contribution < 1.29 is 13.2 Å². The lowest BCUT2D eigenvalue weighted by Gasteiger charge is -2.07. The molecule has 0 amide bonds. The fourth-order valence-electron chi connectivity index (χ4n) is 2.87. The molecule has 0 spiro atoms. The maximum Gasteiger partial charge on any atom is 0.433 e. The summed E-state index contributed by atoms with van der Waals surface area (Å²) in [6.07, 6.45) is -4.55. The van der Waals surface area contributed by atoms with E-state index in [1.165, 1.54) is 16.6 Å². The third-order valence-corrected chi connectivity index (χ3v) is 4.93. The molecule has 7 nitrogen and oxygen atoms in total. The van der Waals surface area contributed by atoms with Crippen LogP contribution in [0.25, 0.3) is 16.9 Å². The Bertz CT molecular complexity index is 1310. The number of nitrogen functional groups attached to an aromatic ring is 1. The predicted molar refractivity (Wildman–Crippen MR) is 105 cm³/mol. The van der Waals surface area contributed by atoms with Crippen LogP contribution in [0.3, 0.4) is 0 Å². The van der Waals surface area contributed by atoms with Crippen molar-refractivity contribution in [3.8, 4) is 17.3 Å². The van der Waals surface area contributed by atoms with Crippen LogP contribution >= 0.6 is 15.9 Å². The van der Waals surface area contributed by atoms with Gasteiger partial charge in [0.25, 0.3) is 0 Å². The third-order valence-electron chi connectivity index (χ3n) is 4.20. The molecule has 0 radical (unpaired) electrons. The molecule has 0 unspecified atom stereocenters. The number of alkyl halides is 3. The fourth-order valence-corrected chi connectivity index (χ4v) is 3.45. The molecular formula is C19H11BrF3N7. The highest BCUT2D eigenvalue weighted by Gasteiger charge is 2.32. The van der Waals surface area contributed by atoms with E-state index in [0.29, 0.717) is 26.9 Å². The summed E-state index contributed by atoms with van der Waals surface area (Å²) in [7, 11) is 0. The zero-order chi connectivity index (χ0) is 21.5. The first-order chi connectivity index (χ1) is 14.3. The maximum absolute atomic E-state index is 12.9. The molecule has 11 heteroatoms. The summed E-state index contributed by atoms with van der Waals surface area (Å²) in [6, 6.07) is 12.5. The average Bonchev–Trinajstić information content (AvgIpc) is 3.15. The highest BCUT2D eigenvalue weighted by molar-refractivity contribution is 9.10. The minimum atomic E-state index is -4.54. The molecule has 0 saturated carbocycles. The number of hydrogen-bond acceptors (Lipinski definition) is 6. The van der Waals surface area contributed by atoms with Crippen molar-refractivity contribution in [3.63, 3.8) is 0 Å². The van der Waals surface area contributed by atoms with Gasteiger partial charge in [-0.3, -0.25) is 0 Å². The van der Waals surface area contributed by atoms with Crippen molar-refractivity contribution in [2.45, 2.75) is 12.6 Å². The lowest BCUT2D eigenvalue weighted by molar-refractivity contribution is -0.141. The van der Waals surface area contributed by atoms with E-state index < -0.39 is 11.9 Å². The molecule has 0 aliphatic rings. The van der Waals surface area contributed by atoms with Crippen molar-refractivity contribution in [2.75, 3.05) is 5.73 Å². The number of halogens is 4. The van der Waals surface area contributed by atoms with E-state index in [1.54, 1.807) is 24.3 Å². The number of nitriles is 1. The second kappa shape index (κ2) is 7.38. The van der Waals surface area contributed by atoms with E-state index in [0.717, 1.165) is 6.07 Å². The average molecular weight is 474 g/mol. The Morgan fingerprint density at radius 1 is 1.10 bits per heavy atom. The maximum atomic E-state index is 12.9. The van der Waals surface area contributed by atoms with E-state index in [4.69, 9.17) is 11.0 Å². The number of nitrogens with zero attached hydrogens (tertiary/aromatic N) is 6. The summed E-state index contributed by atoms with van der Waals surface area (Å²) < 4.78 is 40.5. The Labute approximate surface area is 176 Å². The Hall–Kier alpha value is -3.52. The predicted octanol–water partition coefficient (Wildman–Crippen LogP) is 4.01. The standard InChI is InChI=1S/C19H11BrF3N7/c20-15-16(11-4-1-3-10(7-11)9-24)28-18(25)30-17(15)27-14(29-30)8-12-5-2-6-13(26-12)19(21,22)23/h1-7H,8H2,(H2,25,28). The summed E-state index contributed by atoms with van der Waals surface area (Å²) in [5.41, 5.74) is 7.13. The third kappa shape index (κ3) is 3.69. The van der Waals surface area contributed by atoms with Gasteiger partial charge in [0.15, 0.2) is 11.5 Å². The summed E-state index contributed by atoms with van der Waals surface area (Å²) in [6.45, 7) is 0. The van der Waals surface area contributed by atoms with Gasteiger partial charge < -0.3 is 5.73 Å². The Morgan fingerprint density at radius 3 is 2.60 bits per heavy atom. The van der Waals surface area contributed by atoms with E-state index >= 15 is 0 Å². The van der Waals surface area contributed by atoms with Crippen molar-refractivity contribution in [1.29, 1.82) is 5.26 Å². The van der Waals surface area contributed by atoms with Crippen LogP contribution in [-0.2, 0) is 12.6 Å². The minimum absolute atomic E-state index is 0.0171. The molecule has 150 valence electrons. The topological polar surface area (TPSA) is 106 Å². The van der Waals surface area contributed by atoms with Gasteiger partial charge in [-0.2, -0.15) is 22.9 Å². The van der Waals surface area contributed by atoms with Crippen LogP contribution in [0, 0.1) is 11.3 Å². The lowest BCUT2D eigenvalue weighted by Crippen LogP contribution is -2.09. The van der Waals surface area contributed by atoms with Gasteiger partial charge in [-0.1, -0.05) is 18.2 Å². The van der Waals surface area contributed by atoms with Gasteiger partial charge in [0.05, 0.1) is 28.2 Å². The first-order valence-corrected chi connectivity index (χ1v) is 9.30. The molecule has 0 atom stereocenters. The summed E-state index contributed by atoms with van der Waals surface area (Å²) in [4.78, 5) is 12.4. The highest BCUT2D eigenvalue weighted by Crippen LogP contribution is 2.31. The van der Waals surface area contributed by atoms with Crippen LogP contribution in [-0.4, -0.2) is 24.6 Å². The van der Waals surface area contributed by atoms with E-state index in [9.17, 15) is 13.2 Å². The highest BCUT2D eigenvalue weighted by atomic mass is 79.9. The van der Waals surface area contributed by atoms with E-state index in [-0.39, 0.29) is 23.9 Å².